The second-order valence-electron chi connectivity index (χ2n) is 8.37. The molecule has 2 aromatic rings. The van der Waals surface area contributed by atoms with E-state index in [1.54, 1.807) is 19.1 Å². The number of aryl methyl sites for hydroxylation is 2. The topological polar surface area (TPSA) is 66.5 Å². The first kappa shape index (κ1) is 21.9. The van der Waals surface area contributed by atoms with Crippen LogP contribution in [0.25, 0.3) is 0 Å². The molecule has 0 saturated carbocycles. The summed E-state index contributed by atoms with van der Waals surface area (Å²) in [7, 11) is -3.58. The number of nitrogens with one attached hydrogen (secondary N) is 1. The van der Waals surface area contributed by atoms with E-state index in [1.807, 2.05) is 6.07 Å². The van der Waals surface area contributed by atoms with Crippen molar-refractivity contribution in [1.82, 2.24) is 9.62 Å². The van der Waals surface area contributed by atoms with Crippen molar-refractivity contribution in [3.63, 3.8) is 0 Å². The van der Waals surface area contributed by atoms with Crippen molar-refractivity contribution in [2.45, 2.75) is 50.0 Å². The summed E-state index contributed by atoms with van der Waals surface area (Å²) < 4.78 is 54.1. The van der Waals surface area contributed by atoms with E-state index in [9.17, 15) is 22.0 Å². The second kappa shape index (κ2) is 8.67. The van der Waals surface area contributed by atoms with Crippen molar-refractivity contribution >= 4 is 15.9 Å². The van der Waals surface area contributed by atoms with Crippen LogP contribution in [0.5, 0.6) is 0 Å². The zero-order valence-corrected chi connectivity index (χ0v) is 18.2. The number of piperidine rings is 1. The number of halogens is 2. The van der Waals surface area contributed by atoms with Gasteiger partial charge in [-0.15, -0.1) is 0 Å². The molecular weight excluding hydrogens is 422 g/mol. The molecule has 1 N–H and O–H groups in total. The average molecular weight is 449 g/mol. The monoisotopic (exact) mass is 448 g/mol. The van der Waals surface area contributed by atoms with Crippen molar-refractivity contribution in [2.24, 2.45) is 5.92 Å². The first-order valence-corrected chi connectivity index (χ1v) is 12.1. The van der Waals surface area contributed by atoms with Crippen molar-refractivity contribution < 1.29 is 22.0 Å². The summed E-state index contributed by atoms with van der Waals surface area (Å²) in [6.07, 6.45) is 3.81. The van der Waals surface area contributed by atoms with E-state index in [2.05, 4.69) is 5.32 Å². The number of carbonyl (C=O) groups is 1. The summed E-state index contributed by atoms with van der Waals surface area (Å²) in [6.45, 7) is 2.26. The van der Waals surface area contributed by atoms with E-state index in [1.165, 1.54) is 15.9 Å². The van der Waals surface area contributed by atoms with Crippen LogP contribution in [0.2, 0.25) is 0 Å². The Bertz CT molecular complexity index is 1100. The van der Waals surface area contributed by atoms with Crippen LogP contribution in [-0.2, 0) is 27.7 Å². The maximum absolute atomic E-state index is 13.4. The van der Waals surface area contributed by atoms with Crippen LogP contribution in [-0.4, -0.2) is 31.7 Å². The summed E-state index contributed by atoms with van der Waals surface area (Å²) in [5.74, 6) is -2.41. The Hall–Kier alpha value is -2.32. The number of amides is 1. The molecule has 31 heavy (non-hydrogen) atoms. The number of nitrogens with zero attached hydrogens (tertiary/aromatic N) is 1. The molecule has 1 amide bonds. The van der Waals surface area contributed by atoms with E-state index < -0.39 is 27.7 Å². The van der Waals surface area contributed by atoms with Gasteiger partial charge in [0.05, 0.1) is 10.9 Å². The molecule has 1 heterocycles. The summed E-state index contributed by atoms with van der Waals surface area (Å²) in [5.41, 5.74) is 2.81. The molecule has 1 fully saturated rings. The SMILES string of the molecule is C[C@@H](NC(=O)C1CCN(S(=O)(=O)c2ccc3c(c2)CCC3)CC1)c1ccc(F)c(F)c1. The maximum atomic E-state index is 13.4. The third kappa shape index (κ3) is 4.50. The third-order valence-corrected chi connectivity index (χ3v) is 8.23. The number of sulfonamides is 1. The highest BCUT2D eigenvalue weighted by atomic mass is 32.2. The highest BCUT2D eigenvalue weighted by Gasteiger charge is 2.33. The summed E-state index contributed by atoms with van der Waals surface area (Å²) in [4.78, 5) is 13.0. The number of hydrogen-bond donors (Lipinski definition) is 1. The standard InChI is InChI=1S/C23H26F2N2O3S/c1-15(18-6-8-21(24)22(25)14-18)26-23(28)17-9-11-27(12-10-17)31(29,30)20-7-5-16-3-2-4-19(16)13-20/h5-8,13-15,17H,2-4,9-12H2,1H3,(H,26,28)/t15-/m1/s1. The smallest absolute Gasteiger partial charge is 0.243 e. The molecule has 0 spiro atoms. The highest BCUT2D eigenvalue weighted by molar-refractivity contribution is 7.89. The number of fused-ring (bicyclic) bond motifs is 1. The summed E-state index contributed by atoms with van der Waals surface area (Å²) >= 11 is 0. The first-order chi connectivity index (χ1) is 14.8. The van der Waals surface area contributed by atoms with Crippen LogP contribution in [0, 0.1) is 17.6 Å². The number of rotatable bonds is 5. The van der Waals surface area contributed by atoms with Gasteiger partial charge in [0.25, 0.3) is 0 Å². The Kier molecular flexibility index (Phi) is 6.12. The fourth-order valence-corrected chi connectivity index (χ4v) is 5.93. The molecule has 166 valence electrons. The quantitative estimate of drug-likeness (QED) is 0.758. The van der Waals surface area contributed by atoms with Gasteiger partial charge in [-0.2, -0.15) is 4.31 Å². The predicted molar refractivity (Wildman–Crippen MR) is 113 cm³/mol. The lowest BCUT2D eigenvalue weighted by Gasteiger charge is -2.31. The van der Waals surface area contributed by atoms with Crippen molar-refractivity contribution in [3.8, 4) is 0 Å². The lowest BCUT2D eigenvalue weighted by molar-refractivity contribution is -0.126. The van der Waals surface area contributed by atoms with E-state index in [0.717, 1.165) is 37.0 Å². The molecule has 0 bridgehead atoms. The number of carbonyl (C=O) groups excluding carboxylic acids is 1. The summed E-state index contributed by atoms with van der Waals surface area (Å²) in [6, 6.07) is 8.46. The van der Waals surface area contributed by atoms with Crippen LogP contribution in [0.3, 0.4) is 0 Å². The van der Waals surface area contributed by atoms with Gasteiger partial charge in [-0.1, -0.05) is 12.1 Å². The molecule has 0 aromatic heterocycles. The van der Waals surface area contributed by atoms with Gasteiger partial charge >= 0.3 is 0 Å². The Labute approximate surface area is 181 Å². The fourth-order valence-electron chi connectivity index (χ4n) is 4.41. The zero-order valence-electron chi connectivity index (χ0n) is 17.4. The van der Waals surface area contributed by atoms with E-state index >= 15 is 0 Å². The number of hydrogen-bond acceptors (Lipinski definition) is 3. The van der Waals surface area contributed by atoms with Gasteiger partial charge in [0.15, 0.2) is 11.6 Å². The molecule has 5 nitrogen and oxygen atoms in total. The van der Waals surface area contributed by atoms with Crippen LogP contribution in [0.15, 0.2) is 41.3 Å². The third-order valence-electron chi connectivity index (χ3n) is 6.33. The summed E-state index contributed by atoms with van der Waals surface area (Å²) in [5, 5.41) is 2.83. The molecule has 1 aliphatic carbocycles. The molecule has 0 unspecified atom stereocenters. The maximum Gasteiger partial charge on any atom is 0.243 e. The van der Waals surface area contributed by atoms with Gasteiger partial charge in [0.1, 0.15) is 0 Å². The van der Waals surface area contributed by atoms with Crippen molar-refractivity contribution in [2.75, 3.05) is 13.1 Å². The molecule has 2 aliphatic rings. The van der Waals surface area contributed by atoms with Crippen LogP contribution < -0.4 is 5.32 Å². The Balaban J connectivity index is 1.36. The van der Waals surface area contributed by atoms with E-state index in [4.69, 9.17) is 0 Å². The fraction of sp³-hybridized carbons (Fsp3) is 0.435. The molecular formula is C23H26F2N2O3S. The van der Waals surface area contributed by atoms with Crippen LogP contribution in [0.1, 0.15) is 48.9 Å². The van der Waals surface area contributed by atoms with Gasteiger partial charge < -0.3 is 5.32 Å². The minimum Gasteiger partial charge on any atom is -0.349 e. The molecule has 4 rings (SSSR count). The largest absolute Gasteiger partial charge is 0.349 e. The molecule has 1 aliphatic heterocycles. The van der Waals surface area contributed by atoms with Gasteiger partial charge in [-0.3, -0.25) is 4.79 Å². The Morgan fingerprint density at radius 2 is 1.74 bits per heavy atom. The van der Waals surface area contributed by atoms with E-state index in [0.29, 0.717) is 23.3 Å². The van der Waals surface area contributed by atoms with Crippen molar-refractivity contribution in [1.29, 1.82) is 0 Å². The van der Waals surface area contributed by atoms with Gasteiger partial charge in [-0.25, -0.2) is 17.2 Å². The predicted octanol–water partition coefficient (Wildman–Crippen LogP) is 3.73. The minimum absolute atomic E-state index is 0.202. The second-order valence-corrected chi connectivity index (χ2v) is 10.3. The lowest BCUT2D eigenvalue weighted by Crippen LogP contribution is -2.43. The van der Waals surface area contributed by atoms with Crippen LogP contribution in [0.4, 0.5) is 8.78 Å². The van der Waals surface area contributed by atoms with Crippen molar-refractivity contribution in [3.05, 3.63) is 64.7 Å². The molecule has 0 radical (unpaired) electrons. The van der Waals surface area contributed by atoms with Gasteiger partial charge in [-0.05, 0) is 80.0 Å². The Morgan fingerprint density at radius 1 is 1.03 bits per heavy atom. The number of benzene rings is 2. The molecule has 8 heteroatoms. The normalized spacial score (nSPS) is 18.5. The molecule has 2 aromatic carbocycles. The van der Waals surface area contributed by atoms with Gasteiger partial charge in [0.2, 0.25) is 15.9 Å². The minimum atomic E-state index is -3.58. The first-order valence-electron chi connectivity index (χ1n) is 10.6. The Morgan fingerprint density at radius 3 is 2.45 bits per heavy atom. The van der Waals surface area contributed by atoms with Crippen LogP contribution >= 0.6 is 0 Å². The zero-order chi connectivity index (χ0) is 22.2. The lowest BCUT2D eigenvalue weighted by atomic mass is 9.96. The average Bonchev–Trinajstić information content (AvgIpc) is 3.23. The molecule has 1 saturated heterocycles. The highest BCUT2D eigenvalue weighted by Crippen LogP contribution is 2.29. The molecule has 1 atom stereocenters. The van der Waals surface area contributed by atoms with E-state index in [-0.39, 0.29) is 24.9 Å². The van der Waals surface area contributed by atoms with Gasteiger partial charge in [0, 0.05) is 19.0 Å².